The molecule has 0 amide bonds. The number of rotatable bonds is 2. The first-order valence-corrected chi connectivity index (χ1v) is 5.07. The number of hydrogen-bond acceptors (Lipinski definition) is 1. The van der Waals surface area contributed by atoms with Crippen molar-refractivity contribution in [1.82, 2.24) is 4.90 Å². The molecular weight excluding hydrogens is 158 g/mol. The molecule has 0 aromatic heterocycles. The van der Waals surface area contributed by atoms with E-state index in [2.05, 4.69) is 38.8 Å². The van der Waals surface area contributed by atoms with Gasteiger partial charge in [-0.3, -0.25) is 0 Å². The van der Waals surface area contributed by atoms with Crippen molar-refractivity contribution >= 4 is 0 Å². The summed E-state index contributed by atoms with van der Waals surface area (Å²) in [4.78, 5) is 2.46. The summed E-state index contributed by atoms with van der Waals surface area (Å²) in [6, 6.07) is 0.666. The van der Waals surface area contributed by atoms with Gasteiger partial charge in [-0.15, -0.1) is 0 Å². The fraction of sp³-hybridized carbons (Fsp3) is 0.833. The lowest BCUT2D eigenvalue weighted by atomic mass is 9.96. The first kappa shape index (κ1) is 12.5. The Morgan fingerprint density at radius 3 is 2.31 bits per heavy atom. The molecule has 78 valence electrons. The Kier molecular flexibility index (Phi) is 5.12. The second-order valence-corrected chi connectivity index (χ2v) is 4.29. The fourth-order valence-electron chi connectivity index (χ4n) is 1.65. The topological polar surface area (TPSA) is 3.24 Å². The predicted molar refractivity (Wildman–Crippen MR) is 60.7 cm³/mol. The maximum absolute atomic E-state index is 2.46. The maximum atomic E-state index is 2.46. The Morgan fingerprint density at radius 1 is 1.23 bits per heavy atom. The van der Waals surface area contributed by atoms with Crippen LogP contribution < -0.4 is 0 Å². The van der Waals surface area contributed by atoms with Gasteiger partial charge in [0.25, 0.3) is 0 Å². The van der Waals surface area contributed by atoms with Gasteiger partial charge in [0.2, 0.25) is 0 Å². The van der Waals surface area contributed by atoms with Crippen LogP contribution in [0.3, 0.4) is 0 Å². The molecular formula is C12H25N. The summed E-state index contributed by atoms with van der Waals surface area (Å²) >= 11 is 0. The highest BCUT2D eigenvalue weighted by Gasteiger charge is 2.13. The van der Waals surface area contributed by atoms with Gasteiger partial charge >= 0.3 is 0 Å². The van der Waals surface area contributed by atoms with E-state index < -0.39 is 0 Å². The van der Waals surface area contributed by atoms with E-state index in [1.54, 1.807) is 5.57 Å². The van der Waals surface area contributed by atoms with Crippen molar-refractivity contribution in [3.8, 4) is 0 Å². The molecule has 1 rings (SSSR count). The minimum Gasteiger partial charge on any atom is -0.375 e. The average molecular weight is 183 g/mol. The summed E-state index contributed by atoms with van der Waals surface area (Å²) in [6.07, 6.45) is 5.02. The van der Waals surface area contributed by atoms with E-state index in [0.29, 0.717) is 6.04 Å². The Labute approximate surface area is 83.8 Å². The zero-order valence-corrected chi connectivity index (χ0v) is 8.80. The molecule has 1 heteroatoms. The molecule has 13 heavy (non-hydrogen) atoms. The van der Waals surface area contributed by atoms with Crippen LogP contribution in [0, 0.1) is 5.92 Å². The zero-order chi connectivity index (χ0) is 9.14. The Balaban J connectivity index is 0.00000144. The third-order valence-electron chi connectivity index (χ3n) is 2.62. The Hall–Kier alpha value is -0.460. The van der Waals surface area contributed by atoms with Crippen molar-refractivity contribution in [3.63, 3.8) is 0 Å². The van der Waals surface area contributed by atoms with E-state index in [0.717, 1.165) is 5.92 Å². The molecule has 0 saturated heterocycles. The van der Waals surface area contributed by atoms with E-state index in [1.807, 2.05) is 0 Å². The van der Waals surface area contributed by atoms with Gasteiger partial charge in [-0.25, -0.2) is 0 Å². The van der Waals surface area contributed by atoms with Gasteiger partial charge in [0, 0.05) is 12.6 Å². The Bertz CT molecular complexity index is 168. The van der Waals surface area contributed by atoms with Gasteiger partial charge in [0.15, 0.2) is 0 Å². The lowest BCUT2D eigenvalue weighted by Gasteiger charge is -2.31. The number of hydrogen-bond donors (Lipinski definition) is 0. The van der Waals surface area contributed by atoms with Gasteiger partial charge in [0.05, 0.1) is 0 Å². The zero-order valence-electron chi connectivity index (χ0n) is 8.80. The van der Waals surface area contributed by atoms with Crippen molar-refractivity contribution in [2.24, 2.45) is 5.92 Å². The van der Waals surface area contributed by atoms with Crippen LogP contribution in [0.1, 0.15) is 48.0 Å². The van der Waals surface area contributed by atoms with Gasteiger partial charge in [0.1, 0.15) is 0 Å². The largest absolute Gasteiger partial charge is 0.375 e. The molecule has 0 aromatic rings. The summed E-state index contributed by atoms with van der Waals surface area (Å²) < 4.78 is 0. The van der Waals surface area contributed by atoms with Crippen LogP contribution in [0.25, 0.3) is 0 Å². The molecule has 1 aliphatic rings. The van der Waals surface area contributed by atoms with E-state index in [4.69, 9.17) is 0 Å². The maximum Gasteiger partial charge on any atom is 0.0227 e. The van der Waals surface area contributed by atoms with Gasteiger partial charge < -0.3 is 4.90 Å². The molecule has 0 spiro atoms. The van der Waals surface area contributed by atoms with Crippen LogP contribution in [-0.4, -0.2) is 17.5 Å². The standard InChI is InChI=1S/C11H21N.CH4/c1-9(2)11-6-5-7-12(8-11)10(3)4;/h8-10H,5-7H2,1-4H3;1H4. The van der Waals surface area contributed by atoms with Crippen LogP contribution in [0.15, 0.2) is 11.8 Å². The molecule has 0 unspecified atom stereocenters. The first-order valence-electron chi connectivity index (χ1n) is 5.07. The molecule has 1 aliphatic heterocycles. The van der Waals surface area contributed by atoms with Crippen molar-refractivity contribution in [3.05, 3.63) is 11.8 Å². The summed E-state index contributed by atoms with van der Waals surface area (Å²) in [7, 11) is 0. The van der Waals surface area contributed by atoms with Crippen LogP contribution in [0.4, 0.5) is 0 Å². The summed E-state index contributed by atoms with van der Waals surface area (Å²) in [5, 5.41) is 0. The quantitative estimate of drug-likeness (QED) is 0.631. The smallest absolute Gasteiger partial charge is 0.0227 e. The molecule has 0 fully saturated rings. The third kappa shape index (κ3) is 3.41. The lowest BCUT2D eigenvalue weighted by molar-refractivity contribution is 0.285. The summed E-state index contributed by atoms with van der Waals surface area (Å²) in [5.74, 6) is 0.728. The monoisotopic (exact) mass is 183 g/mol. The van der Waals surface area contributed by atoms with Crippen molar-refractivity contribution in [2.75, 3.05) is 6.54 Å². The van der Waals surface area contributed by atoms with Crippen molar-refractivity contribution in [2.45, 2.75) is 54.0 Å². The minimum absolute atomic E-state index is 0. The number of allylic oxidation sites excluding steroid dienone is 1. The third-order valence-corrected chi connectivity index (χ3v) is 2.62. The minimum atomic E-state index is 0. The molecule has 0 aliphatic carbocycles. The average Bonchev–Trinajstić information content (AvgIpc) is 2.04. The van der Waals surface area contributed by atoms with Crippen molar-refractivity contribution in [1.29, 1.82) is 0 Å². The van der Waals surface area contributed by atoms with Crippen LogP contribution in [0.2, 0.25) is 0 Å². The number of nitrogens with zero attached hydrogens (tertiary/aromatic N) is 1. The van der Waals surface area contributed by atoms with Crippen molar-refractivity contribution < 1.29 is 0 Å². The highest BCUT2D eigenvalue weighted by molar-refractivity contribution is 5.07. The summed E-state index contributed by atoms with van der Waals surface area (Å²) in [6.45, 7) is 10.3. The molecule has 0 radical (unpaired) electrons. The van der Waals surface area contributed by atoms with E-state index in [9.17, 15) is 0 Å². The highest BCUT2D eigenvalue weighted by Crippen LogP contribution is 2.22. The second kappa shape index (κ2) is 5.31. The van der Waals surface area contributed by atoms with Crippen LogP contribution in [-0.2, 0) is 0 Å². The lowest BCUT2D eigenvalue weighted by Crippen LogP contribution is -2.30. The molecule has 1 nitrogen and oxygen atoms in total. The van der Waals surface area contributed by atoms with E-state index in [1.165, 1.54) is 19.4 Å². The van der Waals surface area contributed by atoms with Crippen LogP contribution in [0.5, 0.6) is 0 Å². The normalized spacial score (nSPS) is 17.4. The highest BCUT2D eigenvalue weighted by atomic mass is 15.1. The van der Waals surface area contributed by atoms with Gasteiger partial charge in [-0.05, 0) is 38.8 Å². The fourth-order valence-corrected chi connectivity index (χ4v) is 1.65. The summed E-state index contributed by atoms with van der Waals surface area (Å²) in [5.41, 5.74) is 1.62. The molecule has 0 aromatic carbocycles. The molecule has 0 saturated carbocycles. The van der Waals surface area contributed by atoms with E-state index >= 15 is 0 Å². The van der Waals surface area contributed by atoms with E-state index in [-0.39, 0.29) is 7.43 Å². The van der Waals surface area contributed by atoms with Gasteiger partial charge in [-0.1, -0.05) is 26.8 Å². The SMILES string of the molecule is C.CC(C)C1=CN(C(C)C)CCC1. The predicted octanol–water partition coefficient (Wildman–Crippen LogP) is 3.67. The van der Waals surface area contributed by atoms with Gasteiger partial charge in [-0.2, -0.15) is 0 Å². The molecule has 0 N–H and O–H groups in total. The molecule has 0 atom stereocenters. The second-order valence-electron chi connectivity index (χ2n) is 4.29. The molecule has 0 bridgehead atoms. The first-order chi connectivity index (χ1) is 5.61. The van der Waals surface area contributed by atoms with Crippen LogP contribution >= 0.6 is 0 Å². The Morgan fingerprint density at radius 2 is 1.85 bits per heavy atom. The molecule has 1 heterocycles.